The van der Waals surface area contributed by atoms with Crippen LogP contribution in [-0.4, -0.2) is 44.3 Å². The highest BCUT2D eigenvalue weighted by atomic mass is 19.1. The van der Waals surface area contributed by atoms with Gasteiger partial charge in [0.15, 0.2) is 0 Å². The molecule has 2 nitrogen and oxygen atoms in total. The molecule has 2 atom stereocenters. The van der Waals surface area contributed by atoms with Crippen LogP contribution in [0, 0.1) is 11.8 Å². The van der Waals surface area contributed by atoms with Crippen molar-refractivity contribution in [2.45, 2.75) is 6.42 Å². The van der Waals surface area contributed by atoms with Crippen LogP contribution in [0.4, 0.5) is 4.39 Å². The fraction of sp³-hybridized carbons (Fsp3) is 1.00. The average molecular weight is 172 g/mol. The van der Waals surface area contributed by atoms with Crippen LogP contribution in [0.3, 0.4) is 0 Å². The molecule has 2 unspecified atom stereocenters. The van der Waals surface area contributed by atoms with E-state index < -0.39 is 0 Å². The zero-order chi connectivity index (χ0) is 8.39. The van der Waals surface area contributed by atoms with Crippen LogP contribution >= 0.6 is 0 Å². The number of fused-ring (bicyclic) bond motifs is 1. The number of nitrogens with zero attached hydrogens (tertiary/aromatic N) is 1. The van der Waals surface area contributed by atoms with Gasteiger partial charge in [-0.15, -0.1) is 0 Å². The molecule has 0 aliphatic carbocycles. The summed E-state index contributed by atoms with van der Waals surface area (Å²) in [4.78, 5) is 2.41. The minimum Gasteiger partial charge on any atom is -0.316 e. The molecule has 2 aliphatic heterocycles. The molecule has 0 saturated carbocycles. The lowest BCUT2D eigenvalue weighted by Crippen LogP contribution is -2.26. The van der Waals surface area contributed by atoms with E-state index in [1.807, 2.05) is 0 Å². The van der Waals surface area contributed by atoms with Gasteiger partial charge in [0.1, 0.15) is 0 Å². The maximum absolute atomic E-state index is 11.9. The molecule has 2 fully saturated rings. The molecule has 0 amide bonds. The zero-order valence-electron chi connectivity index (χ0n) is 7.43. The van der Waals surface area contributed by atoms with E-state index in [4.69, 9.17) is 0 Å². The van der Waals surface area contributed by atoms with E-state index in [2.05, 4.69) is 10.2 Å². The molecule has 2 saturated heterocycles. The number of alkyl halides is 1. The molecule has 0 aromatic rings. The van der Waals surface area contributed by atoms with Gasteiger partial charge >= 0.3 is 0 Å². The van der Waals surface area contributed by atoms with E-state index >= 15 is 0 Å². The lowest BCUT2D eigenvalue weighted by molar-refractivity contribution is 0.292. The van der Waals surface area contributed by atoms with Crippen molar-refractivity contribution in [3.63, 3.8) is 0 Å². The second-order valence-electron chi connectivity index (χ2n) is 3.98. The Bertz CT molecular complexity index is 139. The summed E-state index contributed by atoms with van der Waals surface area (Å²) >= 11 is 0. The molecular weight excluding hydrogens is 155 g/mol. The van der Waals surface area contributed by atoms with Crippen LogP contribution in [0.15, 0.2) is 0 Å². The quantitative estimate of drug-likeness (QED) is 0.667. The van der Waals surface area contributed by atoms with Gasteiger partial charge in [0.2, 0.25) is 0 Å². The van der Waals surface area contributed by atoms with Crippen LogP contribution < -0.4 is 5.32 Å². The van der Waals surface area contributed by atoms with Gasteiger partial charge < -0.3 is 10.2 Å². The summed E-state index contributed by atoms with van der Waals surface area (Å²) in [6.07, 6.45) is 0.715. The van der Waals surface area contributed by atoms with Crippen LogP contribution in [0.5, 0.6) is 0 Å². The van der Waals surface area contributed by atoms with Gasteiger partial charge in [-0.25, -0.2) is 0 Å². The summed E-state index contributed by atoms with van der Waals surface area (Å²) in [5, 5.41) is 3.40. The summed E-state index contributed by atoms with van der Waals surface area (Å²) in [5.74, 6) is 1.70. The number of hydrogen-bond acceptors (Lipinski definition) is 2. The standard InChI is InChI=1S/C9H17FN2/c10-2-1-3-12-6-8-4-11-5-9(8)7-12/h8-9,11H,1-7H2. The van der Waals surface area contributed by atoms with Crippen molar-refractivity contribution in [1.82, 2.24) is 10.2 Å². The normalized spacial score (nSPS) is 35.8. The van der Waals surface area contributed by atoms with Gasteiger partial charge in [-0.1, -0.05) is 0 Å². The van der Waals surface area contributed by atoms with Crippen LogP contribution in [0.1, 0.15) is 6.42 Å². The monoisotopic (exact) mass is 172 g/mol. The lowest BCUT2D eigenvalue weighted by Gasteiger charge is -2.15. The first-order valence-corrected chi connectivity index (χ1v) is 4.89. The number of rotatable bonds is 3. The number of halogens is 1. The highest BCUT2D eigenvalue weighted by Gasteiger charge is 2.35. The topological polar surface area (TPSA) is 15.3 Å². The zero-order valence-corrected chi connectivity index (χ0v) is 7.43. The largest absolute Gasteiger partial charge is 0.316 e. The van der Waals surface area contributed by atoms with Gasteiger partial charge in [0, 0.05) is 19.6 Å². The lowest BCUT2D eigenvalue weighted by atomic mass is 10.0. The smallest absolute Gasteiger partial charge is 0.0906 e. The molecule has 2 aliphatic rings. The fourth-order valence-corrected chi connectivity index (χ4v) is 2.42. The summed E-state index contributed by atoms with van der Waals surface area (Å²) in [7, 11) is 0. The van der Waals surface area contributed by atoms with E-state index in [0.717, 1.165) is 18.4 Å². The van der Waals surface area contributed by atoms with Crippen LogP contribution in [0.2, 0.25) is 0 Å². The first kappa shape index (κ1) is 8.45. The van der Waals surface area contributed by atoms with E-state index in [1.165, 1.54) is 26.2 Å². The molecule has 0 radical (unpaired) electrons. The third-order valence-electron chi connectivity index (χ3n) is 3.07. The molecule has 2 rings (SSSR count). The van der Waals surface area contributed by atoms with Crippen molar-refractivity contribution in [2.75, 3.05) is 39.4 Å². The number of nitrogens with one attached hydrogen (secondary N) is 1. The Morgan fingerprint density at radius 3 is 2.50 bits per heavy atom. The van der Waals surface area contributed by atoms with E-state index in [0.29, 0.717) is 6.42 Å². The Kier molecular flexibility index (Phi) is 2.61. The Morgan fingerprint density at radius 1 is 1.25 bits per heavy atom. The predicted molar refractivity (Wildman–Crippen MR) is 46.9 cm³/mol. The highest BCUT2D eigenvalue weighted by Crippen LogP contribution is 2.25. The maximum Gasteiger partial charge on any atom is 0.0906 e. The molecule has 2 heterocycles. The number of hydrogen-bond donors (Lipinski definition) is 1. The molecule has 0 bridgehead atoms. The fourth-order valence-electron chi connectivity index (χ4n) is 2.42. The minimum atomic E-state index is -0.163. The molecule has 0 aromatic heterocycles. The van der Waals surface area contributed by atoms with E-state index in [-0.39, 0.29) is 6.67 Å². The number of likely N-dealkylation sites (tertiary alicyclic amines) is 1. The first-order valence-electron chi connectivity index (χ1n) is 4.89. The highest BCUT2D eigenvalue weighted by molar-refractivity contribution is 4.90. The maximum atomic E-state index is 11.9. The summed E-state index contributed by atoms with van der Waals surface area (Å²) in [6, 6.07) is 0. The Balaban J connectivity index is 1.75. The van der Waals surface area contributed by atoms with Crippen LogP contribution in [0.25, 0.3) is 0 Å². The van der Waals surface area contributed by atoms with Crippen molar-refractivity contribution in [2.24, 2.45) is 11.8 Å². The van der Waals surface area contributed by atoms with Crippen molar-refractivity contribution in [3.8, 4) is 0 Å². The van der Waals surface area contributed by atoms with Gasteiger partial charge in [0.25, 0.3) is 0 Å². The summed E-state index contributed by atoms with van der Waals surface area (Å²) in [6.45, 7) is 5.54. The predicted octanol–water partition coefficient (Wildman–Crippen LogP) is 0.497. The van der Waals surface area contributed by atoms with Crippen molar-refractivity contribution < 1.29 is 4.39 Å². The Morgan fingerprint density at radius 2 is 1.92 bits per heavy atom. The van der Waals surface area contributed by atoms with Gasteiger partial charge in [-0.05, 0) is 31.3 Å². The average Bonchev–Trinajstić information content (AvgIpc) is 2.58. The second-order valence-corrected chi connectivity index (χ2v) is 3.98. The van der Waals surface area contributed by atoms with Gasteiger partial charge in [-0.2, -0.15) is 0 Å². The Hall–Kier alpha value is -0.150. The van der Waals surface area contributed by atoms with E-state index in [9.17, 15) is 4.39 Å². The second kappa shape index (κ2) is 3.71. The molecular formula is C9H17FN2. The molecule has 1 N–H and O–H groups in total. The van der Waals surface area contributed by atoms with E-state index in [1.54, 1.807) is 0 Å². The van der Waals surface area contributed by atoms with Gasteiger partial charge in [-0.3, -0.25) is 4.39 Å². The first-order chi connectivity index (χ1) is 5.90. The third-order valence-corrected chi connectivity index (χ3v) is 3.07. The SMILES string of the molecule is FCCCN1CC2CNCC2C1. The van der Waals surface area contributed by atoms with Crippen molar-refractivity contribution in [3.05, 3.63) is 0 Å². The van der Waals surface area contributed by atoms with Gasteiger partial charge in [0.05, 0.1) is 6.67 Å². The Labute approximate surface area is 73.1 Å². The van der Waals surface area contributed by atoms with Crippen LogP contribution in [-0.2, 0) is 0 Å². The summed E-state index contributed by atoms with van der Waals surface area (Å²) < 4.78 is 11.9. The van der Waals surface area contributed by atoms with Crippen molar-refractivity contribution in [1.29, 1.82) is 0 Å². The molecule has 0 spiro atoms. The summed E-state index contributed by atoms with van der Waals surface area (Å²) in [5.41, 5.74) is 0. The molecule has 0 aromatic carbocycles. The third kappa shape index (κ3) is 1.62. The minimum absolute atomic E-state index is 0.163. The molecule has 3 heteroatoms. The molecule has 12 heavy (non-hydrogen) atoms. The molecule has 70 valence electrons. The van der Waals surface area contributed by atoms with Crippen molar-refractivity contribution >= 4 is 0 Å².